The number of benzene rings is 2. The molecule has 0 spiro atoms. The van der Waals surface area contributed by atoms with Gasteiger partial charge in [0.15, 0.2) is 5.69 Å². The fourth-order valence-electron chi connectivity index (χ4n) is 2.73. The van der Waals surface area contributed by atoms with Crippen molar-refractivity contribution in [3.8, 4) is 11.8 Å². The van der Waals surface area contributed by atoms with Crippen LogP contribution in [0, 0.1) is 11.3 Å². The zero-order valence-electron chi connectivity index (χ0n) is 17.1. The molecule has 160 valence electrons. The number of aromatic nitrogens is 2. The van der Waals surface area contributed by atoms with E-state index in [0.717, 1.165) is 0 Å². The molecule has 0 bridgehead atoms. The number of hydrogen-bond acceptors (Lipinski definition) is 6. The monoisotopic (exact) mass is 438 g/mol. The highest BCUT2D eigenvalue weighted by atomic mass is 32.2. The molecule has 2 aromatic carbocycles. The van der Waals surface area contributed by atoms with Crippen LogP contribution >= 0.6 is 0 Å². The number of nitrogens with zero attached hydrogens (tertiary/aromatic N) is 4. The molecule has 0 unspecified atom stereocenters. The average Bonchev–Trinajstić information content (AvgIpc) is 3.24. The molecular formula is C21H22N6O3S. The fraction of sp³-hybridized carbons (Fsp3) is 0.190. The number of nitrogens with one attached hydrogen (secondary N) is 2. The highest BCUT2D eigenvalue weighted by Gasteiger charge is 2.16. The summed E-state index contributed by atoms with van der Waals surface area (Å²) in [4.78, 5) is 14.5. The van der Waals surface area contributed by atoms with Gasteiger partial charge in [-0.1, -0.05) is 12.1 Å². The van der Waals surface area contributed by atoms with Crippen LogP contribution in [0.1, 0.15) is 16.1 Å². The minimum Gasteiger partial charge on any atom is -0.321 e. The van der Waals surface area contributed by atoms with Gasteiger partial charge in [-0.2, -0.15) is 10.4 Å². The molecule has 0 aliphatic rings. The van der Waals surface area contributed by atoms with Crippen molar-refractivity contribution in [1.29, 1.82) is 5.26 Å². The van der Waals surface area contributed by atoms with Gasteiger partial charge in [0.2, 0.25) is 10.0 Å². The third kappa shape index (κ3) is 5.76. The van der Waals surface area contributed by atoms with Gasteiger partial charge in [-0.05, 0) is 56.6 Å². The molecule has 3 aromatic rings. The Kier molecular flexibility index (Phi) is 6.81. The van der Waals surface area contributed by atoms with Gasteiger partial charge in [0.1, 0.15) is 0 Å². The minimum absolute atomic E-state index is 0.0582. The van der Waals surface area contributed by atoms with Gasteiger partial charge in [0, 0.05) is 25.0 Å². The Morgan fingerprint density at radius 1 is 1.16 bits per heavy atom. The first kappa shape index (κ1) is 22.2. The minimum atomic E-state index is -3.69. The summed E-state index contributed by atoms with van der Waals surface area (Å²) in [6, 6.07) is 16.4. The second kappa shape index (κ2) is 9.53. The van der Waals surface area contributed by atoms with Gasteiger partial charge in [-0.25, -0.2) is 17.8 Å². The maximum absolute atomic E-state index is 12.6. The summed E-state index contributed by atoms with van der Waals surface area (Å²) < 4.78 is 28.9. The molecule has 1 heterocycles. The van der Waals surface area contributed by atoms with E-state index in [1.165, 1.54) is 22.9 Å². The topological polar surface area (TPSA) is 120 Å². The highest BCUT2D eigenvalue weighted by molar-refractivity contribution is 7.89. The van der Waals surface area contributed by atoms with Crippen LogP contribution in [-0.4, -0.2) is 56.2 Å². The molecule has 0 aliphatic heterocycles. The van der Waals surface area contributed by atoms with E-state index in [4.69, 9.17) is 5.26 Å². The lowest BCUT2D eigenvalue weighted by molar-refractivity contribution is 0.102. The molecule has 0 fully saturated rings. The molecule has 0 saturated heterocycles. The van der Waals surface area contributed by atoms with Crippen LogP contribution < -0.4 is 10.0 Å². The Morgan fingerprint density at radius 2 is 1.94 bits per heavy atom. The van der Waals surface area contributed by atoms with Crippen molar-refractivity contribution in [2.45, 2.75) is 4.90 Å². The second-order valence-corrected chi connectivity index (χ2v) is 8.76. The quantitative estimate of drug-likeness (QED) is 0.554. The number of hydrogen-bond donors (Lipinski definition) is 2. The maximum atomic E-state index is 12.6. The Morgan fingerprint density at radius 3 is 2.68 bits per heavy atom. The molecular weight excluding hydrogens is 416 g/mol. The number of sulfonamides is 1. The molecule has 0 atom stereocenters. The lowest BCUT2D eigenvalue weighted by Gasteiger charge is -2.12. The molecule has 3 rings (SSSR count). The van der Waals surface area contributed by atoms with Crippen LogP contribution in [0.15, 0.2) is 65.7 Å². The van der Waals surface area contributed by atoms with E-state index in [-0.39, 0.29) is 17.1 Å². The molecule has 0 aliphatic carbocycles. The van der Waals surface area contributed by atoms with Crippen LogP contribution in [0.25, 0.3) is 5.69 Å². The Bertz CT molecular complexity index is 1230. The number of nitriles is 1. The van der Waals surface area contributed by atoms with Crippen LogP contribution in [0.5, 0.6) is 0 Å². The van der Waals surface area contributed by atoms with E-state index < -0.39 is 15.9 Å². The summed E-state index contributed by atoms with van der Waals surface area (Å²) in [5.41, 5.74) is 1.62. The Balaban J connectivity index is 1.72. The number of rotatable bonds is 8. The Labute approximate surface area is 181 Å². The zero-order valence-corrected chi connectivity index (χ0v) is 17.9. The normalized spacial score (nSPS) is 11.3. The van der Waals surface area contributed by atoms with Gasteiger partial charge in [0.25, 0.3) is 5.91 Å². The van der Waals surface area contributed by atoms with Crippen molar-refractivity contribution < 1.29 is 13.2 Å². The highest BCUT2D eigenvalue weighted by Crippen LogP contribution is 2.17. The van der Waals surface area contributed by atoms with Crippen molar-refractivity contribution in [1.82, 2.24) is 19.4 Å². The number of likely N-dealkylation sites (N-methyl/N-ethyl adjacent to an activating group) is 1. The lowest BCUT2D eigenvalue weighted by atomic mass is 10.2. The van der Waals surface area contributed by atoms with E-state index in [2.05, 4.69) is 21.2 Å². The number of amides is 1. The summed E-state index contributed by atoms with van der Waals surface area (Å²) in [5, 5.41) is 15.9. The Hall–Kier alpha value is -3.52. The summed E-state index contributed by atoms with van der Waals surface area (Å²) in [6.45, 7) is 0.839. The van der Waals surface area contributed by atoms with Crippen molar-refractivity contribution in [2.75, 3.05) is 32.5 Å². The maximum Gasteiger partial charge on any atom is 0.276 e. The fourth-order valence-corrected chi connectivity index (χ4v) is 3.80. The molecule has 1 amide bonds. The molecule has 0 saturated carbocycles. The smallest absolute Gasteiger partial charge is 0.276 e. The van der Waals surface area contributed by atoms with E-state index in [1.807, 2.05) is 19.0 Å². The first-order chi connectivity index (χ1) is 14.8. The molecule has 10 heteroatoms. The third-order valence-corrected chi connectivity index (χ3v) is 5.77. The average molecular weight is 439 g/mol. The second-order valence-electron chi connectivity index (χ2n) is 6.99. The number of carbonyl (C=O) groups is 1. The van der Waals surface area contributed by atoms with Crippen molar-refractivity contribution in [3.05, 3.63) is 72.1 Å². The van der Waals surface area contributed by atoms with E-state index in [0.29, 0.717) is 23.5 Å². The van der Waals surface area contributed by atoms with Gasteiger partial charge >= 0.3 is 0 Å². The molecule has 2 N–H and O–H groups in total. The number of carbonyl (C=O) groups excluding carboxylic acids is 1. The molecule has 0 radical (unpaired) electrons. The number of anilines is 1. The summed E-state index contributed by atoms with van der Waals surface area (Å²) in [6.07, 6.45) is 1.61. The summed E-state index contributed by atoms with van der Waals surface area (Å²) >= 11 is 0. The van der Waals surface area contributed by atoms with Crippen LogP contribution in [-0.2, 0) is 10.0 Å². The van der Waals surface area contributed by atoms with E-state index in [1.54, 1.807) is 42.6 Å². The SMILES string of the molecule is CN(C)CCNS(=O)(=O)c1cccc(NC(=O)c2ccn(-c3cccc(C#N)c3)n2)c1. The van der Waals surface area contributed by atoms with Crippen molar-refractivity contribution in [2.24, 2.45) is 0 Å². The van der Waals surface area contributed by atoms with Crippen LogP contribution in [0.3, 0.4) is 0 Å². The standard InChI is InChI=1S/C21H22N6O3S/c1-26(2)12-10-23-31(29,30)19-8-4-6-17(14-19)24-21(28)20-9-11-27(25-20)18-7-3-5-16(13-18)15-22/h3-9,11,13-14,23H,10,12H2,1-2H3,(H,24,28). The van der Waals surface area contributed by atoms with Gasteiger partial charge in [-0.3, -0.25) is 4.79 Å². The van der Waals surface area contributed by atoms with Gasteiger partial charge in [0.05, 0.1) is 22.2 Å². The predicted molar refractivity (Wildman–Crippen MR) is 116 cm³/mol. The van der Waals surface area contributed by atoms with Crippen LogP contribution in [0.4, 0.5) is 5.69 Å². The first-order valence-electron chi connectivity index (χ1n) is 9.40. The van der Waals surface area contributed by atoms with Gasteiger partial charge < -0.3 is 10.2 Å². The lowest BCUT2D eigenvalue weighted by Crippen LogP contribution is -2.31. The summed E-state index contributed by atoms with van der Waals surface area (Å²) in [7, 11) is 0.0149. The first-order valence-corrected chi connectivity index (χ1v) is 10.9. The molecule has 9 nitrogen and oxygen atoms in total. The summed E-state index contributed by atoms with van der Waals surface area (Å²) in [5.74, 6) is -0.481. The van der Waals surface area contributed by atoms with Crippen molar-refractivity contribution >= 4 is 21.6 Å². The molecule has 31 heavy (non-hydrogen) atoms. The third-order valence-electron chi connectivity index (χ3n) is 4.31. The predicted octanol–water partition coefficient (Wildman–Crippen LogP) is 1.84. The van der Waals surface area contributed by atoms with Crippen LogP contribution in [0.2, 0.25) is 0 Å². The van der Waals surface area contributed by atoms with Crippen molar-refractivity contribution in [3.63, 3.8) is 0 Å². The van der Waals surface area contributed by atoms with E-state index in [9.17, 15) is 13.2 Å². The molecule has 1 aromatic heterocycles. The van der Waals surface area contributed by atoms with E-state index >= 15 is 0 Å². The largest absolute Gasteiger partial charge is 0.321 e. The van der Waals surface area contributed by atoms with Gasteiger partial charge in [-0.15, -0.1) is 0 Å². The zero-order chi connectivity index (χ0) is 22.4.